The highest BCUT2D eigenvalue weighted by Crippen LogP contribution is 2.32. The van der Waals surface area contributed by atoms with Crippen LogP contribution in [-0.2, 0) is 9.47 Å². The first kappa shape index (κ1) is 25.3. The van der Waals surface area contributed by atoms with E-state index in [1.165, 1.54) is 12.0 Å². The fourth-order valence-electron chi connectivity index (χ4n) is 4.04. The summed E-state index contributed by atoms with van der Waals surface area (Å²) in [6.07, 6.45) is 6.78. The van der Waals surface area contributed by atoms with Gasteiger partial charge in [-0.15, -0.1) is 0 Å². The summed E-state index contributed by atoms with van der Waals surface area (Å²) in [6, 6.07) is 9.91. The summed E-state index contributed by atoms with van der Waals surface area (Å²) in [6.45, 7) is 2.04. The number of benzene rings is 1. The molecule has 0 radical (unpaired) electrons. The summed E-state index contributed by atoms with van der Waals surface area (Å²) < 4.78 is 16.5. The number of nitrogens with one attached hydrogen (secondary N) is 1. The summed E-state index contributed by atoms with van der Waals surface area (Å²) >= 11 is 0. The van der Waals surface area contributed by atoms with E-state index in [4.69, 9.17) is 24.2 Å². The zero-order chi connectivity index (χ0) is 23.5. The van der Waals surface area contributed by atoms with Crippen LogP contribution in [0.3, 0.4) is 0 Å². The number of ether oxygens (including phenoxy) is 3. The molecule has 180 valence electrons. The van der Waals surface area contributed by atoms with Gasteiger partial charge in [0.1, 0.15) is 18.5 Å². The topological polar surface area (TPSA) is 85.7 Å². The highest BCUT2D eigenvalue weighted by Gasteiger charge is 2.19. The third kappa shape index (κ3) is 7.61. The van der Waals surface area contributed by atoms with Gasteiger partial charge in [-0.25, -0.2) is 9.97 Å². The van der Waals surface area contributed by atoms with E-state index in [9.17, 15) is 5.11 Å². The molecule has 0 aliphatic heterocycles. The molecule has 1 aromatic heterocycles. The van der Waals surface area contributed by atoms with Gasteiger partial charge in [-0.3, -0.25) is 0 Å². The molecule has 1 heterocycles. The van der Waals surface area contributed by atoms with Crippen LogP contribution in [0.5, 0.6) is 5.75 Å². The smallest absolute Gasteiger partial charge is 0.160 e. The van der Waals surface area contributed by atoms with E-state index >= 15 is 0 Å². The number of allylic oxidation sites excluding steroid dienone is 2. The lowest BCUT2D eigenvalue weighted by Gasteiger charge is -2.18. The predicted molar refractivity (Wildman–Crippen MR) is 130 cm³/mol. The Morgan fingerprint density at radius 3 is 2.55 bits per heavy atom. The van der Waals surface area contributed by atoms with Crippen LogP contribution in [-0.4, -0.2) is 68.8 Å². The van der Waals surface area contributed by atoms with Crippen molar-refractivity contribution in [3.63, 3.8) is 0 Å². The summed E-state index contributed by atoms with van der Waals surface area (Å²) in [5, 5.41) is 12.9. The maximum absolute atomic E-state index is 9.95. The van der Waals surface area contributed by atoms with Crippen LogP contribution in [0.4, 0.5) is 0 Å². The Hall–Kier alpha value is -2.32. The van der Waals surface area contributed by atoms with Gasteiger partial charge < -0.3 is 24.6 Å². The van der Waals surface area contributed by atoms with Gasteiger partial charge in [-0.05, 0) is 62.9 Å². The summed E-state index contributed by atoms with van der Waals surface area (Å²) in [5.74, 6) is 1.61. The van der Waals surface area contributed by atoms with Gasteiger partial charge in [0.05, 0.1) is 5.69 Å². The highest BCUT2D eigenvalue weighted by atomic mass is 16.5. The zero-order valence-corrected chi connectivity index (χ0v) is 20.0. The van der Waals surface area contributed by atoms with Crippen molar-refractivity contribution >= 4 is 5.57 Å². The van der Waals surface area contributed by atoms with E-state index in [0.717, 1.165) is 42.6 Å². The van der Waals surface area contributed by atoms with E-state index in [1.54, 1.807) is 21.3 Å². The number of aromatic nitrogens is 2. The van der Waals surface area contributed by atoms with Crippen LogP contribution in [0.15, 0.2) is 36.4 Å². The molecular formula is C26H37N3O4. The molecule has 7 heteroatoms. The summed E-state index contributed by atoms with van der Waals surface area (Å²) in [7, 11) is 5.26. The first-order valence-electron chi connectivity index (χ1n) is 11.8. The summed E-state index contributed by atoms with van der Waals surface area (Å²) in [4.78, 5) is 9.92. The Bertz CT molecular complexity index is 895. The third-order valence-corrected chi connectivity index (χ3v) is 5.85. The van der Waals surface area contributed by atoms with Gasteiger partial charge in [0, 0.05) is 51.2 Å². The average Bonchev–Trinajstić information content (AvgIpc) is 3.38. The minimum Gasteiger partial charge on any atom is -0.491 e. The monoisotopic (exact) mass is 455 g/mol. The van der Waals surface area contributed by atoms with E-state index in [-0.39, 0.29) is 12.5 Å². The molecule has 0 bridgehead atoms. The van der Waals surface area contributed by atoms with Crippen LogP contribution < -0.4 is 10.1 Å². The van der Waals surface area contributed by atoms with Crippen molar-refractivity contribution < 1.29 is 19.3 Å². The minimum absolute atomic E-state index is 0.222. The Kier molecular flexibility index (Phi) is 10.3. The van der Waals surface area contributed by atoms with E-state index in [0.29, 0.717) is 31.3 Å². The Morgan fingerprint density at radius 1 is 1.09 bits per heavy atom. The van der Waals surface area contributed by atoms with Crippen molar-refractivity contribution in [1.29, 1.82) is 0 Å². The van der Waals surface area contributed by atoms with Crippen molar-refractivity contribution in [3.05, 3.63) is 47.8 Å². The average molecular weight is 456 g/mol. The second-order valence-corrected chi connectivity index (χ2v) is 8.43. The second-order valence-electron chi connectivity index (χ2n) is 8.43. The summed E-state index contributed by atoms with van der Waals surface area (Å²) in [5.41, 5.74) is 4.21. The number of likely N-dealkylation sites (N-methyl/N-ethyl adjacent to an activating group) is 1. The third-order valence-electron chi connectivity index (χ3n) is 5.85. The standard InChI is InChI=1S/C26H37N3O4/c1-27-17-22(30)18-33-23-10-6-9-21(15-23)26-28-24(19-7-4-5-8-19)16-25(29-26)20(11-13-31-2)12-14-32-3/h6-7,9-10,15-16,20,22,27,30H,4-5,8,11-14,17-18H2,1-3H3. The van der Waals surface area contributed by atoms with Crippen molar-refractivity contribution in [2.75, 3.05) is 47.6 Å². The van der Waals surface area contributed by atoms with Crippen LogP contribution >= 0.6 is 0 Å². The van der Waals surface area contributed by atoms with Crippen molar-refractivity contribution in [1.82, 2.24) is 15.3 Å². The molecule has 3 rings (SSSR count). The molecule has 2 aromatic rings. The van der Waals surface area contributed by atoms with E-state index < -0.39 is 6.10 Å². The second kappa shape index (κ2) is 13.4. The molecule has 7 nitrogen and oxygen atoms in total. The lowest BCUT2D eigenvalue weighted by molar-refractivity contribution is 0.108. The number of rotatable bonds is 14. The normalized spacial score (nSPS) is 14.5. The zero-order valence-electron chi connectivity index (χ0n) is 20.0. The molecule has 0 spiro atoms. The first-order chi connectivity index (χ1) is 16.1. The number of methoxy groups -OCH3 is 2. The molecule has 0 fully saturated rings. The maximum atomic E-state index is 9.95. The molecule has 33 heavy (non-hydrogen) atoms. The molecule has 1 aliphatic rings. The SMILES string of the molecule is CNCC(O)COc1cccc(-c2nc(C3=CCCC3)cc(C(CCOC)CCOC)n2)c1. The maximum Gasteiger partial charge on any atom is 0.160 e. The predicted octanol–water partition coefficient (Wildman–Crippen LogP) is 3.83. The van der Waals surface area contributed by atoms with Crippen LogP contribution in [0.1, 0.15) is 49.4 Å². The fraction of sp³-hybridized carbons (Fsp3) is 0.538. The Labute approximate surface area is 197 Å². The first-order valence-corrected chi connectivity index (χ1v) is 11.8. The van der Waals surface area contributed by atoms with E-state index in [2.05, 4.69) is 17.5 Å². The van der Waals surface area contributed by atoms with Crippen molar-refractivity contribution in [2.45, 2.75) is 44.1 Å². The van der Waals surface area contributed by atoms with E-state index in [1.807, 2.05) is 24.3 Å². The molecular weight excluding hydrogens is 418 g/mol. The van der Waals surface area contributed by atoms with Gasteiger partial charge in [0.2, 0.25) is 0 Å². The largest absolute Gasteiger partial charge is 0.491 e. The van der Waals surface area contributed by atoms with Gasteiger partial charge in [0.25, 0.3) is 0 Å². The Balaban J connectivity index is 1.92. The molecule has 1 atom stereocenters. The van der Waals surface area contributed by atoms with Crippen LogP contribution in [0.25, 0.3) is 17.0 Å². The lowest BCUT2D eigenvalue weighted by Crippen LogP contribution is -2.29. The number of hydrogen-bond acceptors (Lipinski definition) is 7. The van der Waals surface area contributed by atoms with Crippen molar-refractivity contribution in [2.24, 2.45) is 0 Å². The van der Waals surface area contributed by atoms with Gasteiger partial charge in [-0.2, -0.15) is 0 Å². The number of hydrogen-bond donors (Lipinski definition) is 2. The van der Waals surface area contributed by atoms with Gasteiger partial charge in [0.15, 0.2) is 5.82 Å². The van der Waals surface area contributed by atoms with Crippen LogP contribution in [0.2, 0.25) is 0 Å². The highest BCUT2D eigenvalue weighted by molar-refractivity contribution is 5.67. The number of aliphatic hydroxyl groups is 1. The molecule has 2 N–H and O–H groups in total. The van der Waals surface area contributed by atoms with Gasteiger partial charge in [-0.1, -0.05) is 18.2 Å². The molecule has 1 unspecified atom stereocenters. The molecule has 0 saturated carbocycles. The number of nitrogens with zero attached hydrogens (tertiary/aromatic N) is 2. The quantitative estimate of drug-likeness (QED) is 0.448. The fourth-order valence-corrected chi connectivity index (χ4v) is 4.04. The molecule has 0 saturated heterocycles. The molecule has 0 amide bonds. The molecule has 1 aliphatic carbocycles. The van der Waals surface area contributed by atoms with Crippen LogP contribution in [0, 0.1) is 0 Å². The molecule has 1 aromatic carbocycles. The minimum atomic E-state index is -0.568. The van der Waals surface area contributed by atoms with Gasteiger partial charge >= 0.3 is 0 Å². The Morgan fingerprint density at radius 2 is 1.88 bits per heavy atom. The lowest BCUT2D eigenvalue weighted by atomic mass is 9.96. The number of aliphatic hydroxyl groups excluding tert-OH is 1. The van der Waals surface area contributed by atoms with Crippen molar-refractivity contribution in [3.8, 4) is 17.1 Å².